The van der Waals surface area contributed by atoms with Gasteiger partial charge in [-0.3, -0.25) is 0 Å². The molecule has 0 aliphatic carbocycles. The van der Waals surface area contributed by atoms with Crippen molar-refractivity contribution in [3.63, 3.8) is 0 Å². The standard InChI is InChI=1S/C17H32O2/c1-7-15(19-16(18)14(2)3)12-10-8-9-11-13-17(4,5)6/h15H,2,7-13H2,1,3-6H3. The van der Waals surface area contributed by atoms with Crippen molar-refractivity contribution >= 4 is 5.97 Å². The molecule has 2 nitrogen and oxygen atoms in total. The molecule has 0 fully saturated rings. The van der Waals surface area contributed by atoms with Crippen LogP contribution in [-0.4, -0.2) is 12.1 Å². The normalized spacial score (nSPS) is 13.1. The van der Waals surface area contributed by atoms with Gasteiger partial charge < -0.3 is 4.74 Å². The molecule has 0 aromatic heterocycles. The second kappa shape index (κ2) is 9.17. The van der Waals surface area contributed by atoms with Gasteiger partial charge in [-0.05, 0) is 38.0 Å². The van der Waals surface area contributed by atoms with Crippen molar-refractivity contribution in [2.24, 2.45) is 5.41 Å². The third-order valence-corrected chi connectivity index (χ3v) is 3.28. The van der Waals surface area contributed by atoms with Gasteiger partial charge in [0.05, 0.1) is 0 Å². The molecule has 0 N–H and O–H groups in total. The molecule has 1 unspecified atom stereocenters. The molecule has 0 aliphatic heterocycles. The molecular weight excluding hydrogens is 236 g/mol. The van der Waals surface area contributed by atoms with Gasteiger partial charge >= 0.3 is 5.97 Å². The zero-order valence-corrected chi connectivity index (χ0v) is 13.6. The molecule has 0 spiro atoms. The SMILES string of the molecule is C=C(C)C(=O)OC(CC)CCCCCCC(C)(C)C. The minimum Gasteiger partial charge on any atom is -0.459 e. The Balaban J connectivity index is 3.68. The van der Waals surface area contributed by atoms with E-state index < -0.39 is 0 Å². The predicted octanol–water partition coefficient (Wildman–Crippen LogP) is 5.27. The van der Waals surface area contributed by atoms with E-state index in [0.29, 0.717) is 11.0 Å². The summed E-state index contributed by atoms with van der Waals surface area (Å²) in [6.45, 7) is 14.2. The fourth-order valence-corrected chi connectivity index (χ4v) is 1.98. The van der Waals surface area contributed by atoms with E-state index in [9.17, 15) is 4.79 Å². The Hall–Kier alpha value is -0.790. The smallest absolute Gasteiger partial charge is 0.333 e. The minimum absolute atomic E-state index is 0.0619. The fourth-order valence-electron chi connectivity index (χ4n) is 1.98. The van der Waals surface area contributed by atoms with Crippen molar-refractivity contribution in [1.82, 2.24) is 0 Å². The molecule has 0 saturated carbocycles. The Labute approximate surface area is 119 Å². The average Bonchev–Trinajstić information content (AvgIpc) is 2.30. The van der Waals surface area contributed by atoms with Crippen molar-refractivity contribution in [3.8, 4) is 0 Å². The van der Waals surface area contributed by atoms with Gasteiger partial charge in [0, 0.05) is 5.57 Å². The Morgan fingerprint density at radius 3 is 2.21 bits per heavy atom. The van der Waals surface area contributed by atoms with Gasteiger partial charge in [0.1, 0.15) is 6.10 Å². The minimum atomic E-state index is -0.250. The first-order valence-corrected chi connectivity index (χ1v) is 7.62. The number of carbonyl (C=O) groups is 1. The summed E-state index contributed by atoms with van der Waals surface area (Å²) in [5.74, 6) is -0.250. The highest BCUT2D eigenvalue weighted by atomic mass is 16.5. The summed E-state index contributed by atoms with van der Waals surface area (Å²) in [6, 6.07) is 0. The van der Waals surface area contributed by atoms with Crippen LogP contribution in [0.1, 0.15) is 79.6 Å². The van der Waals surface area contributed by atoms with Crippen molar-refractivity contribution in [1.29, 1.82) is 0 Å². The summed E-state index contributed by atoms with van der Waals surface area (Å²) in [4.78, 5) is 11.4. The molecule has 0 amide bonds. The highest BCUT2D eigenvalue weighted by Crippen LogP contribution is 2.22. The second-order valence-electron chi connectivity index (χ2n) is 6.73. The van der Waals surface area contributed by atoms with E-state index in [4.69, 9.17) is 4.74 Å². The first kappa shape index (κ1) is 18.2. The van der Waals surface area contributed by atoms with Crippen LogP contribution in [0.25, 0.3) is 0 Å². The van der Waals surface area contributed by atoms with E-state index in [-0.39, 0.29) is 12.1 Å². The average molecular weight is 268 g/mol. The molecule has 0 aromatic carbocycles. The summed E-state index contributed by atoms with van der Waals surface area (Å²) in [5.41, 5.74) is 0.937. The van der Waals surface area contributed by atoms with E-state index >= 15 is 0 Å². The third kappa shape index (κ3) is 10.8. The van der Waals surface area contributed by atoms with Crippen LogP contribution in [0.3, 0.4) is 0 Å². The Kier molecular flexibility index (Phi) is 8.79. The zero-order valence-electron chi connectivity index (χ0n) is 13.6. The lowest BCUT2D eigenvalue weighted by atomic mass is 9.89. The van der Waals surface area contributed by atoms with Crippen molar-refractivity contribution < 1.29 is 9.53 Å². The maximum atomic E-state index is 11.4. The lowest BCUT2D eigenvalue weighted by Gasteiger charge is -2.18. The lowest BCUT2D eigenvalue weighted by Crippen LogP contribution is -2.17. The van der Waals surface area contributed by atoms with Gasteiger partial charge in [0.2, 0.25) is 0 Å². The molecule has 0 radical (unpaired) electrons. The number of esters is 1. The van der Waals surface area contributed by atoms with Crippen LogP contribution in [0, 0.1) is 5.41 Å². The number of rotatable bonds is 9. The zero-order chi connectivity index (χ0) is 14.9. The summed E-state index contributed by atoms with van der Waals surface area (Å²) >= 11 is 0. The van der Waals surface area contributed by atoms with E-state index in [1.54, 1.807) is 6.92 Å². The molecular formula is C17H32O2. The second-order valence-corrected chi connectivity index (χ2v) is 6.73. The van der Waals surface area contributed by atoms with Crippen molar-refractivity contribution in [3.05, 3.63) is 12.2 Å². The molecule has 2 heteroatoms. The highest BCUT2D eigenvalue weighted by molar-refractivity contribution is 5.87. The number of carbonyl (C=O) groups excluding carboxylic acids is 1. The van der Waals surface area contributed by atoms with Crippen LogP contribution < -0.4 is 0 Å². The Morgan fingerprint density at radius 1 is 1.16 bits per heavy atom. The van der Waals surface area contributed by atoms with Gasteiger partial charge in [0.15, 0.2) is 0 Å². The molecule has 0 aromatic rings. The maximum absolute atomic E-state index is 11.4. The molecule has 0 heterocycles. The monoisotopic (exact) mass is 268 g/mol. The van der Waals surface area contributed by atoms with E-state index in [0.717, 1.165) is 19.3 Å². The molecule has 19 heavy (non-hydrogen) atoms. The van der Waals surface area contributed by atoms with Crippen LogP contribution in [0.4, 0.5) is 0 Å². The molecule has 0 bridgehead atoms. The summed E-state index contributed by atoms with van der Waals surface area (Å²) in [5, 5.41) is 0. The van der Waals surface area contributed by atoms with Gasteiger partial charge in [0.25, 0.3) is 0 Å². The first-order chi connectivity index (χ1) is 8.76. The largest absolute Gasteiger partial charge is 0.459 e. The van der Waals surface area contributed by atoms with E-state index in [1.807, 2.05) is 0 Å². The Morgan fingerprint density at radius 2 is 1.74 bits per heavy atom. The quantitative estimate of drug-likeness (QED) is 0.323. The fraction of sp³-hybridized carbons (Fsp3) is 0.824. The van der Waals surface area contributed by atoms with Crippen LogP contribution in [-0.2, 0) is 9.53 Å². The number of unbranched alkanes of at least 4 members (excludes halogenated alkanes) is 3. The van der Waals surface area contributed by atoms with Crippen LogP contribution in [0.5, 0.6) is 0 Å². The van der Waals surface area contributed by atoms with Crippen LogP contribution >= 0.6 is 0 Å². The van der Waals surface area contributed by atoms with Gasteiger partial charge in [-0.1, -0.05) is 53.5 Å². The molecule has 0 saturated heterocycles. The maximum Gasteiger partial charge on any atom is 0.333 e. The van der Waals surface area contributed by atoms with Crippen LogP contribution in [0.2, 0.25) is 0 Å². The lowest BCUT2D eigenvalue weighted by molar-refractivity contribution is -0.144. The van der Waals surface area contributed by atoms with Crippen molar-refractivity contribution in [2.45, 2.75) is 85.7 Å². The number of hydrogen-bond acceptors (Lipinski definition) is 2. The van der Waals surface area contributed by atoms with Gasteiger partial charge in [-0.25, -0.2) is 4.79 Å². The predicted molar refractivity (Wildman–Crippen MR) is 82.1 cm³/mol. The molecule has 112 valence electrons. The molecule has 1 atom stereocenters. The van der Waals surface area contributed by atoms with E-state index in [2.05, 4.69) is 34.3 Å². The third-order valence-electron chi connectivity index (χ3n) is 3.28. The molecule has 0 aliphatic rings. The van der Waals surface area contributed by atoms with Gasteiger partial charge in [-0.2, -0.15) is 0 Å². The number of ether oxygens (including phenoxy) is 1. The summed E-state index contributed by atoms with van der Waals surface area (Å²) < 4.78 is 5.38. The van der Waals surface area contributed by atoms with Crippen molar-refractivity contribution in [2.75, 3.05) is 0 Å². The summed E-state index contributed by atoms with van der Waals surface area (Å²) in [7, 11) is 0. The van der Waals surface area contributed by atoms with Gasteiger partial charge in [-0.15, -0.1) is 0 Å². The molecule has 0 rings (SSSR count). The Bertz CT molecular complexity index is 273. The summed E-state index contributed by atoms with van der Waals surface area (Å²) in [6.07, 6.45) is 8.17. The van der Waals surface area contributed by atoms with Crippen LogP contribution in [0.15, 0.2) is 12.2 Å². The highest BCUT2D eigenvalue weighted by Gasteiger charge is 2.13. The number of hydrogen-bond donors (Lipinski definition) is 0. The topological polar surface area (TPSA) is 26.3 Å². The van der Waals surface area contributed by atoms with E-state index in [1.165, 1.54) is 25.7 Å². The first-order valence-electron chi connectivity index (χ1n) is 7.62.